The number of amides is 1. The van der Waals surface area contributed by atoms with Crippen LogP contribution in [0.4, 0.5) is 0 Å². The Labute approximate surface area is 151 Å². The zero-order chi connectivity index (χ0) is 17.1. The molecule has 0 bridgehead atoms. The number of para-hydroxylation sites is 2. The summed E-state index contributed by atoms with van der Waals surface area (Å²) in [5.74, 6) is 0.725. The van der Waals surface area contributed by atoms with Crippen LogP contribution in [-0.2, 0) is 11.3 Å². The van der Waals surface area contributed by atoms with Crippen molar-refractivity contribution in [2.75, 3.05) is 13.1 Å². The van der Waals surface area contributed by atoms with Crippen LogP contribution >= 0.6 is 11.3 Å². The molecule has 4 nitrogen and oxygen atoms in total. The standard InChI is InChI=1S/C20H21N3OS/c24-20(8-7-17-4-3-13-25-17)22-11-9-16(10-12-22)14-23-15-21-18-5-1-2-6-19(18)23/h1-8,13,15-16H,9-12,14H2/b8-7+. The molecule has 5 heteroatoms. The van der Waals surface area contributed by atoms with Crippen molar-refractivity contribution in [3.05, 3.63) is 59.1 Å². The Morgan fingerprint density at radius 2 is 2.04 bits per heavy atom. The van der Waals surface area contributed by atoms with E-state index < -0.39 is 0 Å². The lowest BCUT2D eigenvalue weighted by Gasteiger charge is -2.31. The van der Waals surface area contributed by atoms with Gasteiger partial charge in [-0.25, -0.2) is 4.98 Å². The molecule has 3 heterocycles. The highest BCUT2D eigenvalue weighted by Crippen LogP contribution is 2.22. The molecule has 1 aliphatic heterocycles. The average Bonchev–Trinajstić information content (AvgIpc) is 3.31. The van der Waals surface area contributed by atoms with Crippen LogP contribution in [0.15, 0.2) is 54.2 Å². The Morgan fingerprint density at radius 1 is 1.20 bits per heavy atom. The summed E-state index contributed by atoms with van der Waals surface area (Å²) in [6.07, 6.45) is 7.65. The second kappa shape index (κ2) is 7.23. The summed E-state index contributed by atoms with van der Waals surface area (Å²) < 4.78 is 2.24. The first-order valence-electron chi connectivity index (χ1n) is 8.70. The van der Waals surface area contributed by atoms with Gasteiger partial charge in [-0.15, -0.1) is 11.3 Å². The van der Waals surface area contributed by atoms with Crippen molar-refractivity contribution < 1.29 is 4.79 Å². The summed E-state index contributed by atoms with van der Waals surface area (Å²) in [6, 6.07) is 12.3. The number of likely N-dealkylation sites (tertiary alicyclic amines) is 1. The van der Waals surface area contributed by atoms with Crippen LogP contribution < -0.4 is 0 Å². The van der Waals surface area contributed by atoms with Crippen molar-refractivity contribution in [1.82, 2.24) is 14.5 Å². The molecular weight excluding hydrogens is 330 g/mol. The molecule has 1 saturated heterocycles. The van der Waals surface area contributed by atoms with Crippen molar-refractivity contribution >= 4 is 34.4 Å². The molecule has 0 N–H and O–H groups in total. The second-order valence-corrected chi connectivity index (χ2v) is 7.48. The third kappa shape index (κ3) is 3.66. The van der Waals surface area contributed by atoms with Crippen LogP contribution in [0.3, 0.4) is 0 Å². The van der Waals surface area contributed by atoms with Gasteiger partial charge in [-0.2, -0.15) is 0 Å². The van der Waals surface area contributed by atoms with Crippen LogP contribution in [0, 0.1) is 5.92 Å². The number of imidazole rings is 1. The van der Waals surface area contributed by atoms with Crippen molar-refractivity contribution in [2.45, 2.75) is 19.4 Å². The van der Waals surface area contributed by atoms with Crippen molar-refractivity contribution in [3.63, 3.8) is 0 Å². The van der Waals surface area contributed by atoms with Crippen LogP contribution in [0.25, 0.3) is 17.1 Å². The van der Waals surface area contributed by atoms with E-state index in [4.69, 9.17) is 0 Å². The van der Waals surface area contributed by atoms with Gasteiger partial charge < -0.3 is 9.47 Å². The Morgan fingerprint density at radius 3 is 2.84 bits per heavy atom. The smallest absolute Gasteiger partial charge is 0.246 e. The van der Waals surface area contributed by atoms with Gasteiger partial charge in [0, 0.05) is 30.6 Å². The molecule has 128 valence electrons. The summed E-state index contributed by atoms with van der Waals surface area (Å²) in [7, 11) is 0. The molecule has 1 amide bonds. The molecule has 0 spiro atoms. The number of thiophene rings is 1. The molecule has 0 unspecified atom stereocenters. The number of piperidine rings is 1. The maximum Gasteiger partial charge on any atom is 0.246 e. The van der Waals surface area contributed by atoms with Gasteiger partial charge in [0.2, 0.25) is 5.91 Å². The van der Waals surface area contributed by atoms with Gasteiger partial charge >= 0.3 is 0 Å². The molecular formula is C20H21N3OS. The lowest BCUT2D eigenvalue weighted by Crippen LogP contribution is -2.38. The zero-order valence-electron chi connectivity index (χ0n) is 14.0. The summed E-state index contributed by atoms with van der Waals surface area (Å²) in [6.45, 7) is 2.66. The number of hydrogen-bond donors (Lipinski definition) is 0. The van der Waals surface area contributed by atoms with E-state index in [1.165, 1.54) is 5.52 Å². The van der Waals surface area contributed by atoms with E-state index in [0.717, 1.165) is 42.9 Å². The van der Waals surface area contributed by atoms with Gasteiger partial charge in [0.15, 0.2) is 0 Å². The Hall–Kier alpha value is -2.40. The van der Waals surface area contributed by atoms with Gasteiger partial charge in [-0.1, -0.05) is 18.2 Å². The molecule has 1 aliphatic rings. The van der Waals surface area contributed by atoms with Crippen molar-refractivity contribution in [1.29, 1.82) is 0 Å². The quantitative estimate of drug-likeness (QED) is 0.665. The molecule has 0 aliphatic carbocycles. The second-order valence-electron chi connectivity index (χ2n) is 6.50. The highest BCUT2D eigenvalue weighted by molar-refractivity contribution is 7.10. The maximum absolute atomic E-state index is 12.3. The number of fused-ring (bicyclic) bond motifs is 1. The molecule has 3 aromatic rings. The minimum Gasteiger partial charge on any atom is -0.339 e. The van der Waals surface area contributed by atoms with E-state index in [2.05, 4.69) is 21.7 Å². The maximum atomic E-state index is 12.3. The fraction of sp³-hybridized carbons (Fsp3) is 0.300. The molecule has 0 saturated carbocycles. The van der Waals surface area contributed by atoms with Gasteiger partial charge in [0.1, 0.15) is 0 Å². The highest BCUT2D eigenvalue weighted by Gasteiger charge is 2.22. The number of hydrogen-bond acceptors (Lipinski definition) is 3. The van der Waals surface area contributed by atoms with Crippen LogP contribution in [-0.4, -0.2) is 33.4 Å². The lowest BCUT2D eigenvalue weighted by atomic mass is 9.96. The number of carbonyl (C=O) groups is 1. The molecule has 1 fully saturated rings. The fourth-order valence-corrected chi connectivity index (χ4v) is 4.03. The first-order chi connectivity index (χ1) is 12.3. The predicted octanol–water partition coefficient (Wildman–Crippen LogP) is 4.05. The number of benzene rings is 1. The zero-order valence-corrected chi connectivity index (χ0v) is 14.9. The Balaban J connectivity index is 1.33. The van der Waals surface area contributed by atoms with E-state index in [1.807, 2.05) is 46.9 Å². The Kier molecular flexibility index (Phi) is 4.65. The SMILES string of the molecule is O=C(/C=C/c1cccs1)N1CCC(Cn2cnc3ccccc32)CC1. The summed E-state index contributed by atoms with van der Waals surface area (Å²) in [5.41, 5.74) is 2.24. The third-order valence-electron chi connectivity index (χ3n) is 4.84. The van der Waals surface area contributed by atoms with Gasteiger partial charge in [-0.3, -0.25) is 4.79 Å². The molecule has 0 radical (unpaired) electrons. The lowest BCUT2D eigenvalue weighted by molar-refractivity contribution is -0.127. The minimum atomic E-state index is 0.125. The van der Waals surface area contributed by atoms with E-state index >= 15 is 0 Å². The number of nitrogens with zero attached hydrogens (tertiary/aromatic N) is 3. The van der Waals surface area contributed by atoms with Crippen molar-refractivity contribution in [3.8, 4) is 0 Å². The van der Waals surface area contributed by atoms with Crippen LogP contribution in [0.5, 0.6) is 0 Å². The molecule has 25 heavy (non-hydrogen) atoms. The molecule has 0 atom stereocenters. The molecule has 1 aromatic carbocycles. The van der Waals surface area contributed by atoms with Crippen molar-refractivity contribution in [2.24, 2.45) is 5.92 Å². The minimum absolute atomic E-state index is 0.125. The number of aromatic nitrogens is 2. The number of rotatable bonds is 4. The predicted molar refractivity (Wildman–Crippen MR) is 102 cm³/mol. The van der Waals surface area contributed by atoms with Gasteiger partial charge in [0.25, 0.3) is 0 Å². The molecule has 4 rings (SSSR count). The van der Waals surface area contributed by atoms with E-state index in [9.17, 15) is 4.79 Å². The largest absolute Gasteiger partial charge is 0.339 e. The fourth-order valence-electron chi connectivity index (χ4n) is 3.41. The Bertz CT molecular complexity index is 873. The van der Waals surface area contributed by atoms with Crippen LogP contribution in [0.2, 0.25) is 0 Å². The first-order valence-corrected chi connectivity index (χ1v) is 9.58. The van der Waals surface area contributed by atoms with Gasteiger partial charge in [-0.05, 0) is 48.4 Å². The summed E-state index contributed by atoms with van der Waals surface area (Å²) >= 11 is 1.65. The van der Waals surface area contributed by atoms with E-state index in [0.29, 0.717) is 5.92 Å². The van der Waals surface area contributed by atoms with Crippen LogP contribution in [0.1, 0.15) is 17.7 Å². The normalized spacial score (nSPS) is 16.1. The topological polar surface area (TPSA) is 38.1 Å². The third-order valence-corrected chi connectivity index (χ3v) is 5.68. The average molecular weight is 351 g/mol. The van der Waals surface area contributed by atoms with E-state index in [-0.39, 0.29) is 5.91 Å². The van der Waals surface area contributed by atoms with E-state index in [1.54, 1.807) is 17.4 Å². The summed E-state index contributed by atoms with van der Waals surface area (Å²) in [5, 5.41) is 2.02. The van der Waals surface area contributed by atoms with Gasteiger partial charge in [0.05, 0.1) is 17.4 Å². The highest BCUT2D eigenvalue weighted by atomic mass is 32.1. The first kappa shape index (κ1) is 16.1. The monoisotopic (exact) mass is 351 g/mol. The molecule has 2 aromatic heterocycles. The summed E-state index contributed by atoms with van der Waals surface area (Å²) in [4.78, 5) is 19.9. The number of carbonyl (C=O) groups excluding carboxylic acids is 1.